The van der Waals surface area contributed by atoms with Crippen molar-refractivity contribution in [2.45, 2.75) is 0 Å². The molecule has 4 aromatic heterocycles. The molecule has 266 valence electrons. The molecule has 0 aliphatic rings. The van der Waals surface area contributed by atoms with E-state index in [4.69, 9.17) is 19.4 Å². The van der Waals surface area contributed by atoms with Gasteiger partial charge in [-0.25, -0.2) is 15.0 Å². The van der Waals surface area contributed by atoms with Crippen LogP contribution in [0.25, 0.3) is 119 Å². The van der Waals surface area contributed by atoms with Crippen LogP contribution in [-0.2, 0) is 0 Å². The van der Waals surface area contributed by atoms with E-state index < -0.39 is 0 Å². The molecule has 12 rings (SSSR count). The van der Waals surface area contributed by atoms with Gasteiger partial charge in [-0.2, -0.15) is 0 Å². The lowest BCUT2D eigenvalue weighted by Gasteiger charge is -2.11. The number of fused-ring (bicyclic) bond motifs is 9. The zero-order valence-corrected chi connectivity index (χ0v) is 31.9. The Morgan fingerprint density at radius 3 is 1.72 bits per heavy atom. The maximum Gasteiger partial charge on any atom is 0.164 e. The molecule has 0 atom stereocenters. The van der Waals surface area contributed by atoms with Crippen molar-refractivity contribution in [1.29, 1.82) is 0 Å². The third kappa shape index (κ3) is 5.22. The number of furan rings is 1. The topological polar surface area (TPSA) is 51.8 Å². The first-order valence-electron chi connectivity index (χ1n) is 18.9. The standard InChI is InChI=1S/C51H29N3OS2/c1-3-12-30(13-4-1)49-52-50(31-14-5-2-6-15-31)54-51(53-49)33-23-25-40-45(29-33)56-44-21-11-18-37(46(40)44)38-27-26-34(47-39-17-8-10-20-43(39)57-48(38)47)32-22-24-36-35-16-7-9-19-41(35)55-42(36)28-32/h1-29H. The summed E-state index contributed by atoms with van der Waals surface area (Å²) in [6, 6.07) is 62.0. The van der Waals surface area contributed by atoms with Crippen LogP contribution in [0.1, 0.15) is 0 Å². The van der Waals surface area contributed by atoms with Crippen LogP contribution in [0, 0.1) is 0 Å². The Hall–Kier alpha value is -6.99. The third-order valence-corrected chi connectivity index (χ3v) is 13.3. The highest BCUT2D eigenvalue weighted by atomic mass is 32.1. The summed E-state index contributed by atoms with van der Waals surface area (Å²) in [4.78, 5) is 14.9. The molecular formula is C51H29N3OS2. The van der Waals surface area contributed by atoms with Gasteiger partial charge in [0.25, 0.3) is 0 Å². The van der Waals surface area contributed by atoms with Crippen LogP contribution in [0.3, 0.4) is 0 Å². The minimum atomic E-state index is 0.658. The number of nitrogens with zero attached hydrogens (tertiary/aromatic N) is 3. The molecule has 0 saturated heterocycles. The SMILES string of the molecule is c1ccc(-c2nc(-c3ccccc3)nc(-c3ccc4c(c3)sc3cccc(-c5ccc(-c6ccc7c(c6)oc6ccccc67)c6c5sc5ccccc56)c34)n2)cc1. The molecule has 0 fully saturated rings. The average molecular weight is 764 g/mol. The van der Waals surface area contributed by atoms with E-state index in [9.17, 15) is 0 Å². The van der Waals surface area contributed by atoms with Crippen LogP contribution in [0.15, 0.2) is 180 Å². The molecular weight excluding hydrogens is 735 g/mol. The van der Waals surface area contributed by atoms with E-state index in [0.717, 1.165) is 44.2 Å². The van der Waals surface area contributed by atoms with Gasteiger partial charge in [-0.05, 0) is 53.1 Å². The first kappa shape index (κ1) is 32.3. The van der Waals surface area contributed by atoms with E-state index in [0.29, 0.717) is 17.5 Å². The lowest BCUT2D eigenvalue weighted by atomic mass is 9.93. The van der Waals surface area contributed by atoms with Gasteiger partial charge in [-0.3, -0.25) is 0 Å². The van der Waals surface area contributed by atoms with Crippen molar-refractivity contribution in [3.63, 3.8) is 0 Å². The molecule has 0 aliphatic carbocycles. The van der Waals surface area contributed by atoms with Crippen LogP contribution < -0.4 is 0 Å². The Balaban J connectivity index is 1.03. The third-order valence-electron chi connectivity index (χ3n) is 11.0. The second-order valence-electron chi connectivity index (χ2n) is 14.3. The quantitative estimate of drug-likeness (QED) is 0.175. The van der Waals surface area contributed by atoms with Gasteiger partial charge in [-0.1, -0.05) is 140 Å². The molecule has 0 unspecified atom stereocenters. The molecule has 0 amide bonds. The highest BCUT2D eigenvalue weighted by molar-refractivity contribution is 7.27. The van der Waals surface area contributed by atoms with Crippen molar-refractivity contribution >= 4 is 85.0 Å². The normalized spacial score (nSPS) is 11.9. The van der Waals surface area contributed by atoms with Crippen molar-refractivity contribution in [3.05, 3.63) is 176 Å². The summed E-state index contributed by atoms with van der Waals surface area (Å²) in [7, 11) is 0. The summed E-state index contributed by atoms with van der Waals surface area (Å²) in [6.45, 7) is 0. The van der Waals surface area contributed by atoms with Crippen molar-refractivity contribution < 1.29 is 4.42 Å². The van der Waals surface area contributed by atoms with E-state index in [1.807, 2.05) is 95.5 Å². The second kappa shape index (κ2) is 12.8. The number of thiophene rings is 2. The minimum Gasteiger partial charge on any atom is -0.456 e. The zero-order valence-electron chi connectivity index (χ0n) is 30.3. The van der Waals surface area contributed by atoms with Crippen molar-refractivity contribution in [2.75, 3.05) is 0 Å². The molecule has 0 N–H and O–H groups in total. The van der Waals surface area contributed by atoms with Gasteiger partial charge >= 0.3 is 0 Å². The van der Waals surface area contributed by atoms with Gasteiger partial charge in [0, 0.05) is 73.4 Å². The fourth-order valence-electron chi connectivity index (χ4n) is 8.30. The van der Waals surface area contributed by atoms with Crippen molar-refractivity contribution in [2.24, 2.45) is 0 Å². The number of hydrogen-bond acceptors (Lipinski definition) is 6. The van der Waals surface area contributed by atoms with Crippen molar-refractivity contribution in [1.82, 2.24) is 15.0 Å². The van der Waals surface area contributed by atoms with Crippen LogP contribution in [0.5, 0.6) is 0 Å². The van der Waals surface area contributed by atoms with Gasteiger partial charge in [0.15, 0.2) is 17.5 Å². The highest BCUT2D eigenvalue weighted by Crippen LogP contribution is 2.49. The summed E-state index contributed by atoms with van der Waals surface area (Å²) in [6.07, 6.45) is 0. The lowest BCUT2D eigenvalue weighted by molar-refractivity contribution is 0.669. The molecule has 4 heterocycles. The first-order chi connectivity index (χ1) is 28.2. The molecule has 0 spiro atoms. The fourth-order valence-corrected chi connectivity index (χ4v) is 10.7. The molecule has 0 radical (unpaired) electrons. The number of rotatable bonds is 5. The minimum absolute atomic E-state index is 0.658. The molecule has 57 heavy (non-hydrogen) atoms. The van der Waals surface area contributed by atoms with Gasteiger partial charge < -0.3 is 4.42 Å². The second-order valence-corrected chi connectivity index (χ2v) is 16.4. The van der Waals surface area contributed by atoms with Crippen LogP contribution in [-0.4, -0.2) is 15.0 Å². The average Bonchev–Trinajstić information content (AvgIpc) is 3.97. The van der Waals surface area contributed by atoms with Crippen LogP contribution in [0.2, 0.25) is 0 Å². The van der Waals surface area contributed by atoms with Gasteiger partial charge in [-0.15, -0.1) is 22.7 Å². The molecule has 0 aliphatic heterocycles. The largest absolute Gasteiger partial charge is 0.456 e. The Morgan fingerprint density at radius 1 is 0.333 bits per heavy atom. The Kier molecular flexibility index (Phi) is 7.24. The molecule has 0 saturated carbocycles. The highest BCUT2D eigenvalue weighted by Gasteiger charge is 2.20. The van der Waals surface area contributed by atoms with E-state index >= 15 is 0 Å². The smallest absolute Gasteiger partial charge is 0.164 e. The molecule has 4 nitrogen and oxygen atoms in total. The van der Waals surface area contributed by atoms with Gasteiger partial charge in [0.2, 0.25) is 0 Å². The fraction of sp³-hybridized carbons (Fsp3) is 0. The first-order valence-corrected chi connectivity index (χ1v) is 20.6. The summed E-state index contributed by atoms with van der Waals surface area (Å²) in [5.74, 6) is 1.98. The predicted molar refractivity (Wildman–Crippen MR) is 240 cm³/mol. The number of aromatic nitrogens is 3. The van der Waals surface area contributed by atoms with Crippen LogP contribution >= 0.6 is 22.7 Å². The van der Waals surface area contributed by atoms with Crippen LogP contribution in [0.4, 0.5) is 0 Å². The van der Waals surface area contributed by atoms with Gasteiger partial charge in [0.1, 0.15) is 11.2 Å². The van der Waals surface area contributed by atoms with E-state index in [2.05, 4.69) is 103 Å². The monoisotopic (exact) mass is 763 g/mol. The molecule has 0 bridgehead atoms. The predicted octanol–water partition coefficient (Wildman–Crippen LogP) is 14.8. The Morgan fingerprint density at radius 2 is 0.930 bits per heavy atom. The maximum atomic E-state index is 6.35. The number of hydrogen-bond donors (Lipinski definition) is 0. The number of benzene rings is 8. The Labute approximate surface area is 335 Å². The summed E-state index contributed by atoms with van der Waals surface area (Å²) >= 11 is 3.69. The summed E-state index contributed by atoms with van der Waals surface area (Å²) in [5, 5.41) is 7.33. The van der Waals surface area contributed by atoms with E-state index in [1.54, 1.807) is 0 Å². The van der Waals surface area contributed by atoms with E-state index in [-0.39, 0.29) is 0 Å². The molecule has 6 heteroatoms. The zero-order chi connectivity index (χ0) is 37.5. The molecule has 12 aromatic rings. The van der Waals surface area contributed by atoms with Gasteiger partial charge in [0.05, 0.1) is 0 Å². The summed E-state index contributed by atoms with van der Waals surface area (Å²) < 4.78 is 11.4. The Bertz CT molecular complexity index is 3470. The lowest BCUT2D eigenvalue weighted by Crippen LogP contribution is -1.99. The van der Waals surface area contributed by atoms with E-state index in [1.165, 1.54) is 57.0 Å². The number of para-hydroxylation sites is 1. The van der Waals surface area contributed by atoms with Crippen molar-refractivity contribution in [3.8, 4) is 56.4 Å². The molecule has 8 aromatic carbocycles. The maximum absolute atomic E-state index is 6.35. The summed E-state index contributed by atoms with van der Waals surface area (Å²) in [5.41, 5.74) is 9.54.